The summed E-state index contributed by atoms with van der Waals surface area (Å²) in [7, 11) is 0. The summed E-state index contributed by atoms with van der Waals surface area (Å²) in [5, 5.41) is 0. The lowest BCUT2D eigenvalue weighted by Crippen LogP contribution is -2.19. The largest absolute Gasteiger partial charge is 0.324 e. The molecule has 76 valence electrons. The number of halogens is 1. The van der Waals surface area contributed by atoms with Crippen LogP contribution in [0.4, 0.5) is 0 Å². The van der Waals surface area contributed by atoms with E-state index in [-0.39, 0.29) is 6.04 Å². The molecule has 1 saturated carbocycles. The number of nitrogens with zero attached hydrogens (tertiary/aromatic N) is 1. The summed E-state index contributed by atoms with van der Waals surface area (Å²) in [4.78, 5) is 4.11. The zero-order valence-electron chi connectivity index (χ0n) is 8.12. The summed E-state index contributed by atoms with van der Waals surface area (Å²) >= 11 is 3.37. The van der Waals surface area contributed by atoms with E-state index in [1.54, 1.807) is 0 Å². The Labute approximate surface area is 93.0 Å². The molecule has 0 aliphatic heterocycles. The molecule has 2 N–H and O–H groups in total. The van der Waals surface area contributed by atoms with Crippen molar-refractivity contribution in [3.05, 3.63) is 28.5 Å². The van der Waals surface area contributed by atoms with Crippen molar-refractivity contribution < 1.29 is 0 Å². The fraction of sp³-hybridized carbons (Fsp3) is 0.545. The molecule has 1 fully saturated rings. The van der Waals surface area contributed by atoms with Gasteiger partial charge in [-0.15, -0.1) is 0 Å². The Kier molecular flexibility index (Phi) is 3.19. The van der Waals surface area contributed by atoms with Gasteiger partial charge < -0.3 is 5.73 Å². The lowest BCUT2D eigenvalue weighted by atomic mass is 9.93. The third-order valence-electron chi connectivity index (χ3n) is 3.04. The highest BCUT2D eigenvalue weighted by Crippen LogP contribution is 2.34. The minimum absolute atomic E-state index is 0.191. The van der Waals surface area contributed by atoms with Crippen molar-refractivity contribution in [3.8, 4) is 0 Å². The second kappa shape index (κ2) is 4.41. The Morgan fingerprint density at radius 2 is 2.14 bits per heavy atom. The van der Waals surface area contributed by atoms with Crippen molar-refractivity contribution in [1.29, 1.82) is 0 Å². The van der Waals surface area contributed by atoms with E-state index in [0.717, 1.165) is 4.60 Å². The van der Waals surface area contributed by atoms with Gasteiger partial charge >= 0.3 is 0 Å². The van der Waals surface area contributed by atoms with Gasteiger partial charge in [-0.2, -0.15) is 0 Å². The van der Waals surface area contributed by atoms with Crippen molar-refractivity contribution >= 4 is 15.9 Å². The van der Waals surface area contributed by atoms with E-state index in [9.17, 15) is 0 Å². The molecule has 0 aromatic carbocycles. The summed E-state index contributed by atoms with van der Waals surface area (Å²) < 4.78 is 0.878. The van der Waals surface area contributed by atoms with Gasteiger partial charge in [0.15, 0.2) is 0 Å². The van der Waals surface area contributed by atoms with Gasteiger partial charge in [0, 0.05) is 12.2 Å². The predicted molar refractivity (Wildman–Crippen MR) is 60.8 cm³/mol. The number of rotatable bonds is 2. The molecule has 1 atom stereocenters. The second-order valence-electron chi connectivity index (χ2n) is 3.98. The highest BCUT2D eigenvalue weighted by molar-refractivity contribution is 9.10. The average molecular weight is 255 g/mol. The van der Waals surface area contributed by atoms with Crippen LogP contribution in [0.25, 0.3) is 0 Å². The maximum absolute atomic E-state index is 6.22. The topological polar surface area (TPSA) is 38.9 Å². The van der Waals surface area contributed by atoms with E-state index in [2.05, 4.69) is 20.9 Å². The second-order valence-corrected chi connectivity index (χ2v) is 4.79. The van der Waals surface area contributed by atoms with Crippen molar-refractivity contribution in [2.45, 2.75) is 31.7 Å². The molecular formula is C11H15BrN2. The molecule has 0 radical (unpaired) electrons. The molecule has 0 saturated heterocycles. The fourth-order valence-corrected chi connectivity index (χ4v) is 2.60. The van der Waals surface area contributed by atoms with E-state index in [1.807, 2.05) is 18.3 Å². The van der Waals surface area contributed by atoms with E-state index in [4.69, 9.17) is 5.73 Å². The number of hydrogen-bond acceptors (Lipinski definition) is 2. The van der Waals surface area contributed by atoms with Crippen molar-refractivity contribution in [2.75, 3.05) is 0 Å². The van der Waals surface area contributed by atoms with Crippen molar-refractivity contribution in [2.24, 2.45) is 11.7 Å². The van der Waals surface area contributed by atoms with Crippen LogP contribution in [-0.4, -0.2) is 4.98 Å². The lowest BCUT2D eigenvalue weighted by Gasteiger charge is -2.18. The van der Waals surface area contributed by atoms with Gasteiger partial charge in [0.25, 0.3) is 0 Å². The monoisotopic (exact) mass is 254 g/mol. The number of nitrogens with two attached hydrogens (primary N) is 1. The zero-order valence-corrected chi connectivity index (χ0v) is 9.70. The van der Waals surface area contributed by atoms with Crippen LogP contribution in [0, 0.1) is 5.92 Å². The number of pyridine rings is 1. The molecule has 1 aliphatic carbocycles. The standard InChI is InChI=1S/C11H15BrN2/c12-10-7-9(5-6-14-10)11(13)8-3-1-2-4-8/h5-8,11H,1-4,13H2/t11-/m1/s1. The minimum Gasteiger partial charge on any atom is -0.324 e. The maximum Gasteiger partial charge on any atom is 0.106 e. The van der Waals surface area contributed by atoms with Crippen LogP contribution in [0.15, 0.2) is 22.9 Å². The highest BCUT2D eigenvalue weighted by atomic mass is 79.9. The Bertz CT molecular complexity index is 308. The van der Waals surface area contributed by atoms with Crippen LogP contribution >= 0.6 is 15.9 Å². The Hall–Kier alpha value is -0.410. The fourth-order valence-electron chi connectivity index (χ4n) is 2.21. The Balaban J connectivity index is 2.13. The first-order chi connectivity index (χ1) is 6.77. The predicted octanol–water partition coefficient (Wildman–Crippen LogP) is 3.03. The smallest absolute Gasteiger partial charge is 0.106 e. The first-order valence-electron chi connectivity index (χ1n) is 5.14. The first kappa shape index (κ1) is 10.1. The maximum atomic E-state index is 6.22. The molecule has 14 heavy (non-hydrogen) atoms. The molecule has 0 spiro atoms. The molecule has 2 rings (SSSR count). The van der Waals surface area contributed by atoms with Gasteiger partial charge in [-0.05, 0) is 52.4 Å². The van der Waals surface area contributed by atoms with Gasteiger partial charge in [0.2, 0.25) is 0 Å². The summed E-state index contributed by atoms with van der Waals surface area (Å²) in [5.74, 6) is 0.671. The van der Waals surface area contributed by atoms with Crippen LogP contribution in [-0.2, 0) is 0 Å². The third-order valence-corrected chi connectivity index (χ3v) is 3.48. The molecule has 2 nitrogen and oxygen atoms in total. The SMILES string of the molecule is N[C@@H](c1ccnc(Br)c1)C1CCCC1. The van der Waals surface area contributed by atoms with Gasteiger partial charge in [0.1, 0.15) is 4.60 Å². The van der Waals surface area contributed by atoms with Crippen molar-refractivity contribution in [3.63, 3.8) is 0 Å². The lowest BCUT2D eigenvalue weighted by molar-refractivity contribution is 0.444. The van der Waals surface area contributed by atoms with E-state index >= 15 is 0 Å². The summed E-state index contributed by atoms with van der Waals surface area (Å²) in [6.07, 6.45) is 7.05. The minimum atomic E-state index is 0.191. The van der Waals surface area contributed by atoms with E-state index < -0.39 is 0 Å². The van der Waals surface area contributed by atoms with Crippen LogP contribution in [0.3, 0.4) is 0 Å². The van der Waals surface area contributed by atoms with Gasteiger partial charge in [-0.3, -0.25) is 0 Å². The van der Waals surface area contributed by atoms with Crippen molar-refractivity contribution in [1.82, 2.24) is 4.98 Å². The summed E-state index contributed by atoms with van der Waals surface area (Å²) in [6, 6.07) is 4.24. The first-order valence-corrected chi connectivity index (χ1v) is 5.93. The average Bonchev–Trinajstić information content (AvgIpc) is 2.69. The van der Waals surface area contributed by atoms with Gasteiger partial charge in [-0.1, -0.05) is 12.8 Å². The summed E-state index contributed by atoms with van der Waals surface area (Å²) in [6.45, 7) is 0. The van der Waals surface area contributed by atoms with E-state index in [1.165, 1.54) is 31.2 Å². The highest BCUT2D eigenvalue weighted by Gasteiger charge is 2.23. The molecule has 0 unspecified atom stereocenters. The zero-order chi connectivity index (χ0) is 9.97. The quantitative estimate of drug-likeness (QED) is 0.825. The molecule has 0 amide bonds. The normalized spacial score (nSPS) is 19.9. The van der Waals surface area contributed by atoms with Crippen LogP contribution in [0.1, 0.15) is 37.3 Å². The summed E-state index contributed by atoms with van der Waals surface area (Å²) in [5.41, 5.74) is 7.43. The Morgan fingerprint density at radius 3 is 2.79 bits per heavy atom. The molecule has 3 heteroatoms. The third kappa shape index (κ3) is 2.15. The Morgan fingerprint density at radius 1 is 1.43 bits per heavy atom. The van der Waals surface area contributed by atoms with Crippen LogP contribution < -0.4 is 5.73 Å². The molecule has 1 aromatic heterocycles. The van der Waals surface area contributed by atoms with Gasteiger partial charge in [0.05, 0.1) is 0 Å². The molecule has 1 aromatic rings. The van der Waals surface area contributed by atoms with E-state index in [0.29, 0.717) is 5.92 Å². The molecule has 0 bridgehead atoms. The number of aromatic nitrogens is 1. The van der Waals surface area contributed by atoms with Crippen LogP contribution in [0.5, 0.6) is 0 Å². The molecule has 1 aliphatic rings. The van der Waals surface area contributed by atoms with Gasteiger partial charge in [-0.25, -0.2) is 4.98 Å². The number of hydrogen-bond donors (Lipinski definition) is 1. The molecule has 1 heterocycles. The van der Waals surface area contributed by atoms with Crippen LogP contribution in [0.2, 0.25) is 0 Å². The molecular weight excluding hydrogens is 240 g/mol.